The number of carbonyl (C=O) groups excluding carboxylic acids is 1. The van der Waals surface area contributed by atoms with Crippen molar-refractivity contribution in [1.29, 1.82) is 0 Å². The number of thiocarbonyl (C=S) groups is 1. The normalized spacial score (nSPS) is 16.4. The molecule has 2 aromatic rings. The SMILES string of the molecule is CCOC(=S)SC(C(=O)N(Cc1ccc(OC)cc1)C1C=CCCC1)c1ccccc1. The topological polar surface area (TPSA) is 38.8 Å². The van der Waals surface area contributed by atoms with Gasteiger partial charge in [0, 0.05) is 6.54 Å². The number of thioether (sulfide) groups is 1. The van der Waals surface area contributed by atoms with E-state index in [0.29, 0.717) is 17.5 Å². The summed E-state index contributed by atoms with van der Waals surface area (Å²) in [6, 6.07) is 17.8. The number of hydrogen-bond acceptors (Lipinski definition) is 5. The second-order valence-electron chi connectivity index (χ2n) is 7.33. The molecular weight excluding hydrogens is 426 g/mol. The molecule has 6 heteroatoms. The Hall–Kier alpha value is -2.31. The zero-order valence-electron chi connectivity index (χ0n) is 18.0. The smallest absolute Gasteiger partial charge is 0.241 e. The maximum absolute atomic E-state index is 13.9. The van der Waals surface area contributed by atoms with Gasteiger partial charge in [-0.05, 0) is 61.7 Å². The summed E-state index contributed by atoms with van der Waals surface area (Å²) in [5.41, 5.74) is 2.00. The molecule has 2 atom stereocenters. The van der Waals surface area contributed by atoms with Gasteiger partial charge >= 0.3 is 0 Å². The second kappa shape index (κ2) is 11.9. The van der Waals surface area contributed by atoms with Crippen LogP contribution in [0.2, 0.25) is 0 Å². The number of nitrogens with zero attached hydrogens (tertiary/aromatic N) is 1. The number of rotatable bonds is 8. The Labute approximate surface area is 194 Å². The molecule has 0 N–H and O–H groups in total. The number of carbonyl (C=O) groups is 1. The molecule has 0 saturated heterocycles. The van der Waals surface area contributed by atoms with Crippen molar-refractivity contribution in [3.05, 3.63) is 77.9 Å². The van der Waals surface area contributed by atoms with Crippen molar-refractivity contribution in [2.75, 3.05) is 13.7 Å². The Bertz CT molecular complexity index is 883. The Kier molecular flexibility index (Phi) is 8.98. The molecule has 31 heavy (non-hydrogen) atoms. The van der Waals surface area contributed by atoms with Crippen LogP contribution in [-0.2, 0) is 16.1 Å². The molecule has 0 saturated carbocycles. The highest BCUT2D eigenvalue weighted by molar-refractivity contribution is 8.23. The van der Waals surface area contributed by atoms with Crippen molar-refractivity contribution < 1.29 is 14.3 Å². The van der Waals surface area contributed by atoms with Gasteiger partial charge in [0.2, 0.25) is 10.3 Å². The predicted molar refractivity (Wildman–Crippen MR) is 131 cm³/mol. The lowest BCUT2D eigenvalue weighted by molar-refractivity contribution is -0.133. The molecule has 0 fully saturated rings. The third kappa shape index (κ3) is 6.58. The van der Waals surface area contributed by atoms with Gasteiger partial charge in [-0.3, -0.25) is 4.79 Å². The minimum absolute atomic E-state index is 0.0469. The molecule has 3 rings (SSSR count). The minimum Gasteiger partial charge on any atom is -0.497 e. The van der Waals surface area contributed by atoms with Crippen molar-refractivity contribution in [2.24, 2.45) is 0 Å². The van der Waals surface area contributed by atoms with Crippen LogP contribution in [0.4, 0.5) is 0 Å². The van der Waals surface area contributed by atoms with Gasteiger partial charge in [-0.15, -0.1) is 0 Å². The van der Waals surface area contributed by atoms with Crippen molar-refractivity contribution in [2.45, 2.75) is 44.0 Å². The quantitative estimate of drug-likeness (QED) is 0.364. The van der Waals surface area contributed by atoms with Gasteiger partial charge in [0.05, 0.1) is 19.8 Å². The average Bonchev–Trinajstić information content (AvgIpc) is 2.82. The van der Waals surface area contributed by atoms with Crippen LogP contribution in [0.3, 0.4) is 0 Å². The first-order valence-electron chi connectivity index (χ1n) is 10.6. The molecule has 0 radical (unpaired) electrons. The largest absolute Gasteiger partial charge is 0.497 e. The third-order valence-electron chi connectivity index (χ3n) is 5.23. The monoisotopic (exact) mass is 455 g/mol. The minimum atomic E-state index is -0.450. The number of benzene rings is 2. The van der Waals surface area contributed by atoms with Crippen molar-refractivity contribution in [3.8, 4) is 5.75 Å². The van der Waals surface area contributed by atoms with E-state index in [4.69, 9.17) is 21.7 Å². The van der Waals surface area contributed by atoms with E-state index in [1.807, 2.05) is 66.4 Å². The number of methoxy groups -OCH3 is 1. The van der Waals surface area contributed by atoms with Crippen LogP contribution in [0.5, 0.6) is 5.75 Å². The van der Waals surface area contributed by atoms with E-state index >= 15 is 0 Å². The molecule has 1 aliphatic carbocycles. The third-order valence-corrected chi connectivity index (χ3v) is 6.65. The number of amides is 1. The number of ether oxygens (including phenoxy) is 2. The van der Waals surface area contributed by atoms with E-state index in [9.17, 15) is 4.79 Å². The molecule has 0 bridgehead atoms. The summed E-state index contributed by atoms with van der Waals surface area (Å²) in [7, 11) is 1.65. The number of allylic oxidation sites excluding steroid dienone is 1. The second-order valence-corrected chi connectivity index (χ2v) is 9.04. The molecule has 1 aliphatic rings. The first-order chi connectivity index (χ1) is 15.1. The lowest BCUT2D eigenvalue weighted by Crippen LogP contribution is -2.41. The molecule has 164 valence electrons. The summed E-state index contributed by atoms with van der Waals surface area (Å²) in [6.45, 7) is 2.92. The van der Waals surface area contributed by atoms with E-state index in [-0.39, 0.29) is 11.9 Å². The van der Waals surface area contributed by atoms with Gasteiger partial charge in [0.15, 0.2) is 0 Å². The van der Waals surface area contributed by atoms with Crippen LogP contribution < -0.4 is 4.74 Å². The Morgan fingerprint density at radius 3 is 2.55 bits per heavy atom. The molecule has 0 aromatic heterocycles. The van der Waals surface area contributed by atoms with Crippen LogP contribution in [0.15, 0.2) is 66.7 Å². The fraction of sp³-hybridized carbons (Fsp3) is 0.360. The van der Waals surface area contributed by atoms with Gasteiger partial charge in [0.25, 0.3) is 0 Å². The molecule has 4 nitrogen and oxygen atoms in total. The fourth-order valence-corrected chi connectivity index (χ4v) is 4.94. The zero-order valence-corrected chi connectivity index (χ0v) is 19.7. The lowest BCUT2D eigenvalue weighted by atomic mass is 9.99. The lowest BCUT2D eigenvalue weighted by Gasteiger charge is -2.34. The summed E-state index contributed by atoms with van der Waals surface area (Å²) in [5.74, 6) is 0.851. The predicted octanol–water partition coefficient (Wildman–Crippen LogP) is 5.93. The van der Waals surface area contributed by atoms with E-state index in [1.165, 1.54) is 11.8 Å². The highest BCUT2D eigenvalue weighted by Crippen LogP contribution is 2.35. The summed E-state index contributed by atoms with van der Waals surface area (Å²) < 4.78 is 11.2. The molecule has 2 aromatic carbocycles. The van der Waals surface area contributed by atoms with E-state index in [1.54, 1.807) is 7.11 Å². The first-order valence-corrected chi connectivity index (χ1v) is 11.9. The molecule has 0 aliphatic heterocycles. The highest BCUT2D eigenvalue weighted by atomic mass is 32.2. The Morgan fingerprint density at radius 1 is 1.19 bits per heavy atom. The van der Waals surface area contributed by atoms with Crippen LogP contribution in [0, 0.1) is 0 Å². The Balaban J connectivity index is 1.91. The summed E-state index contributed by atoms with van der Waals surface area (Å²) in [4.78, 5) is 15.9. The van der Waals surface area contributed by atoms with Crippen molar-refractivity contribution in [1.82, 2.24) is 4.90 Å². The van der Waals surface area contributed by atoms with Gasteiger partial charge in [-0.2, -0.15) is 0 Å². The Morgan fingerprint density at radius 2 is 1.94 bits per heavy atom. The van der Waals surface area contributed by atoms with Crippen molar-refractivity contribution >= 4 is 34.3 Å². The van der Waals surface area contributed by atoms with Gasteiger partial charge in [-0.1, -0.05) is 66.4 Å². The van der Waals surface area contributed by atoms with Crippen LogP contribution in [0.25, 0.3) is 0 Å². The van der Waals surface area contributed by atoms with Crippen molar-refractivity contribution in [3.63, 3.8) is 0 Å². The molecule has 0 spiro atoms. The van der Waals surface area contributed by atoms with Gasteiger partial charge < -0.3 is 14.4 Å². The van der Waals surface area contributed by atoms with E-state index in [2.05, 4.69) is 12.2 Å². The van der Waals surface area contributed by atoms with Gasteiger partial charge in [0.1, 0.15) is 11.0 Å². The van der Waals surface area contributed by atoms with Crippen LogP contribution in [-0.4, -0.2) is 34.9 Å². The molecule has 0 heterocycles. The number of hydrogen-bond donors (Lipinski definition) is 0. The average molecular weight is 456 g/mol. The van der Waals surface area contributed by atoms with Gasteiger partial charge in [-0.25, -0.2) is 0 Å². The van der Waals surface area contributed by atoms with E-state index in [0.717, 1.165) is 36.1 Å². The fourth-order valence-electron chi connectivity index (χ4n) is 3.63. The molecule has 2 unspecified atom stereocenters. The summed E-state index contributed by atoms with van der Waals surface area (Å²) in [5, 5.41) is -0.450. The molecular formula is C25H29NO3S2. The van der Waals surface area contributed by atoms with E-state index < -0.39 is 5.25 Å². The summed E-state index contributed by atoms with van der Waals surface area (Å²) >= 11 is 6.70. The maximum Gasteiger partial charge on any atom is 0.241 e. The molecule has 1 amide bonds. The van der Waals surface area contributed by atoms with Crippen LogP contribution in [0.1, 0.15) is 42.6 Å². The first kappa shape index (κ1) is 23.4. The maximum atomic E-state index is 13.9. The highest BCUT2D eigenvalue weighted by Gasteiger charge is 2.32. The zero-order chi connectivity index (χ0) is 22.1. The summed E-state index contributed by atoms with van der Waals surface area (Å²) in [6.07, 6.45) is 7.44. The standard InChI is InChI=1S/C25H29NO3S2/c1-3-29-25(30)31-23(20-10-6-4-7-11-20)24(27)26(21-12-8-5-9-13-21)18-19-14-16-22(28-2)17-15-19/h4,6-8,10-12,14-17,21,23H,3,5,9,13,18H2,1-2H3. The van der Waals surface area contributed by atoms with Crippen LogP contribution >= 0.6 is 24.0 Å².